The Morgan fingerprint density at radius 2 is 2.21 bits per heavy atom. The monoisotopic (exact) mass is 195 g/mol. The van der Waals surface area contributed by atoms with Crippen molar-refractivity contribution in [3.05, 3.63) is 22.2 Å². The van der Waals surface area contributed by atoms with Gasteiger partial charge < -0.3 is 5.32 Å². The van der Waals surface area contributed by atoms with E-state index in [-0.39, 0.29) is 11.7 Å². The van der Waals surface area contributed by atoms with Crippen molar-refractivity contribution in [2.75, 3.05) is 12.4 Å². The summed E-state index contributed by atoms with van der Waals surface area (Å²) >= 11 is 0. The van der Waals surface area contributed by atoms with Gasteiger partial charge >= 0.3 is 5.69 Å². The van der Waals surface area contributed by atoms with E-state index in [2.05, 4.69) is 10.3 Å². The molecule has 14 heavy (non-hydrogen) atoms. The Balaban J connectivity index is 3.31. The zero-order chi connectivity index (χ0) is 10.7. The number of nitrogens with one attached hydrogen (secondary N) is 1. The van der Waals surface area contributed by atoms with Crippen LogP contribution in [0.15, 0.2) is 11.0 Å². The van der Waals surface area contributed by atoms with Crippen LogP contribution < -0.4 is 11.0 Å². The van der Waals surface area contributed by atoms with Gasteiger partial charge in [0, 0.05) is 24.8 Å². The van der Waals surface area contributed by atoms with Crippen LogP contribution in [0.1, 0.15) is 32.4 Å². The summed E-state index contributed by atoms with van der Waals surface area (Å²) in [4.78, 5) is 15.5. The van der Waals surface area contributed by atoms with Crippen molar-refractivity contribution in [2.24, 2.45) is 0 Å². The normalized spacial score (nSPS) is 10.6. The third-order valence-electron chi connectivity index (χ3n) is 2.20. The van der Waals surface area contributed by atoms with Gasteiger partial charge in [0.05, 0.1) is 0 Å². The van der Waals surface area contributed by atoms with Gasteiger partial charge in [0.25, 0.3) is 0 Å². The summed E-state index contributed by atoms with van der Waals surface area (Å²) in [5.41, 5.74) is 0.877. The standard InChI is InChI=1S/C10H17N3O/c1-5-8-6-13(7(2)3)10(14)12-9(8)11-4/h6-7H,5H2,1-4H3,(H,11,12,14). The zero-order valence-electron chi connectivity index (χ0n) is 9.16. The summed E-state index contributed by atoms with van der Waals surface area (Å²) in [7, 11) is 1.78. The molecule has 0 aliphatic rings. The van der Waals surface area contributed by atoms with Crippen LogP contribution in [0.5, 0.6) is 0 Å². The first kappa shape index (κ1) is 10.8. The number of hydrogen-bond donors (Lipinski definition) is 1. The first-order valence-electron chi connectivity index (χ1n) is 4.90. The number of rotatable bonds is 3. The minimum atomic E-state index is -0.193. The molecule has 1 heterocycles. The van der Waals surface area contributed by atoms with Crippen LogP contribution in [0.25, 0.3) is 0 Å². The third kappa shape index (κ3) is 1.95. The van der Waals surface area contributed by atoms with Crippen molar-refractivity contribution in [1.29, 1.82) is 0 Å². The Hall–Kier alpha value is -1.32. The Labute approximate surface area is 84.0 Å². The number of hydrogen-bond acceptors (Lipinski definition) is 3. The maximum absolute atomic E-state index is 11.5. The molecular formula is C10H17N3O. The highest BCUT2D eigenvalue weighted by Crippen LogP contribution is 2.11. The van der Waals surface area contributed by atoms with Gasteiger partial charge in [-0.2, -0.15) is 4.98 Å². The molecule has 1 aromatic rings. The first-order valence-corrected chi connectivity index (χ1v) is 4.90. The van der Waals surface area contributed by atoms with Gasteiger partial charge in [-0.05, 0) is 20.3 Å². The van der Waals surface area contributed by atoms with Crippen molar-refractivity contribution in [2.45, 2.75) is 33.2 Å². The van der Waals surface area contributed by atoms with Crippen molar-refractivity contribution in [3.8, 4) is 0 Å². The van der Waals surface area contributed by atoms with Crippen LogP contribution in [0, 0.1) is 0 Å². The third-order valence-corrected chi connectivity index (χ3v) is 2.20. The number of aryl methyl sites for hydroxylation is 1. The predicted octanol–water partition coefficient (Wildman–Crippen LogP) is 1.43. The van der Waals surface area contributed by atoms with Crippen molar-refractivity contribution in [1.82, 2.24) is 9.55 Å². The van der Waals surface area contributed by atoms with E-state index in [1.807, 2.05) is 27.0 Å². The molecule has 0 saturated carbocycles. The molecule has 1 N–H and O–H groups in total. The topological polar surface area (TPSA) is 46.9 Å². The minimum Gasteiger partial charge on any atom is -0.373 e. The molecule has 0 atom stereocenters. The summed E-state index contributed by atoms with van der Waals surface area (Å²) in [6.07, 6.45) is 2.75. The smallest absolute Gasteiger partial charge is 0.349 e. The molecule has 0 aliphatic heterocycles. The van der Waals surface area contributed by atoms with Crippen LogP contribution in [0.2, 0.25) is 0 Å². The second kappa shape index (κ2) is 4.26. The molecule has 4 nitrogen and oxygen atoms in total. The van der Waals surface area contributed by atoms with Crippen molar-refractivity contribution >= 4 is 5.82 Å². The van der Waals surface area contributed by atoms with Gasteiger partial charge in [0.2, 0.25) is 0 Å². The molecule has 78 valence electrons. The van der Waals surface area contributed by atoms with Gasteiger partial charge in [-0.25, -0.2) is 4.79 Å². The van der Waals surface area contributed by atoms with Crippen LogP contribution in [0.3, 0.4) is 0 Å². The lowest BCUT2D eigenvalue weighted by atomic mass is 10.2. The van der Waals surface area contributed by atoms with Crippen LogP contribution in [-0.4, -0.2) is 16.6 Å². The second-order valence-corrected chi connectivity index (χ2v) is 3.50. The van der Waals surface area contributed by atoms with E-state index < -0.39 is 0 Å². The van der Waals surface area contributed by atoms with Gasteiger partial charge in [0.1, 0.15) is 5.82 Å². The van der Waals surface area contributed by atoms with Crippen LogP contribution in [-0.2, 0) is 6.42 Å². The summed E-state index contributed by atoms with van der Waals surface area (Å²) in [5.74, 6) is 0.689. The Bertz CT molecular complexity index is 368. The Morgan fingerprint density at radius 3 is 2.64 bits per heavy atom. The predicted molar refractivity (Wildman–Crippen MR) is 57.8 cm³/mol. The van der Waals surface area contributed by atoms with Gasteiger partial charge in [-0.3, -0.25) is 4.57 Å². The molecule has 0 unspecified atom stereocenters. The molecule has 0 amide bonds. The molecule has 1 aromatic heterocycles. The molecule has 0 saturated heterocycles. The lowest BCUT2D eigenvalue weighted by Crippen LogP contribution is -2.26. The lowest BCUT2D eigenvalue weighted by molar-refractivity contribution is 0.560. The maximum Gasteiger partial charge on any atom is 0.349 e. The highest BCUT2D eigenvalue weighted by molar-refractivity contribution is 5.41. The van der Waals surface area contributed by atoms with E-state index in [1.165, 1.54) is 0 Å². The number of aromatic nitrogens is 2. The minimum absolute atomic E-state index is 0.159. The summed E-state index contributed by atoms with van der Waals surface area (Å²) < 4.78 is 1.65. The quantitative estimate of drug-likeness (QED) is 0.793. The molecule has 0 fully saturated rings. The zero-order valence-corrected chi connectivity index (χ0v) is 9.16. The number of nitrogens with zero attached hydrogens (tertiary/aromatic N) is 2. The van der Waals surface area contributed by atoms with E-state index in [0.717, 1.165) is 12.0 Å². The molecule has 0 bridgehead atoms. The molecule has 1 rings (SSSR count). The fourth-order valence-electron chi connectivity index (χ4n) is 1.35. The average molecular weight is 195 g/mol. The fraction of sp³-hybridized carbons (Fsp3) is 0.600. The Morgan fingerprint density at radius 1 is 1.57 bits per heavy atom. The van der Waals surface area contributed by atoms with E-state index in [4.69, 9.17) is 0 Å². The first-order chi connectivity index (χ1) is 6.60. The summed E-state index contributed by atoms with van der Waals surface area (Å²) in [6.45, 7) is 6.00. The second-order valence-electron chi connectivity index (χ2n) is 3.50. The van der Waals surface area contributed by atoms with Crippen molar-refractivity contribution in [3.63, 3.8) is 0 Å². The van der Waals surface area contributed by atoms with Gasteiger partial charge in [-0.1, -0.05) is 6.92 Å². The van der Waals surface area contributed by atoms with E-state index in [0.29, 0.717) is 5.82 Å². The van der Waals surface area contributed by atoms with E-state index in [1.54, 1.807) is 11.6 Å². The molecular weight excluding hydrogens is 178 g/mol. The van der Waals surface area contributed by atoms with Gasteiger partial charge in [-0.15, -0.1) is 0 Å². The highest BCUT2D eigenvalue weighted by Gasteiger charge is 2.07. The molecule has 0 aromatic carbocycles. The van der Waals surface area contributed by atoms with E-state index >= 15 is 0 Å². The van der Waals surface area contributed by atoms with Gasteiger partial charge in [0.15, 0.2) is 0 Å². The molecule has 4 heteroatoms. The average Bonchev–Trinajstić information content (AvgIpc) is 2.16. The summed E-state index contributed by atoms with van der Waals surface area (Å²) in [6, 6.07) is 0.159. The molecule has 0 spiro atoms. The summed E-state index contributed by atoms with van der Waals surface area (Å²) in [5, 5.41) is 2.93. The van der Waals surface area contributed by atoms with E-state index in [9.17, 15) is 4.79 Å². The Kier molecular flexibility index (Phi) is 3.28. The fourth-order valence-corrected chi connectivity index (χ4v) is 1.35. The highest BCUT2D eigenvalue weighted by atomic mass is 16.1. The van der Waals surface area contributed by atoms with Crippen molar-refractivity contribution < 1.29 is 0 Å². The SMILES string of the molecule is CCc1cn(C(C)C)c(=O)nc1NC. The van der Waals surface area contributed by atoms with Crippen LogP contribution in [0.4, 0.5) is 5.82 Å². The maximum atomic E-state index is 11.5. The van der Waals surface area contributed by atoms with Crippen LogP contribution >= 0.6 is 0 Å². The number of anilines is 1. The molecule has 0 radical (unpaired) electrons. The molecule has 0 aliphatic carbocycles. The largest absolute Gasteiger partial charge is 0.373 e. The lowest BCUT2D eigenvalue weighted by Gasteiger charge is -2.12.